The topological polar surface area (TPSA) is 135 Å². The summed E-state index contributed by atoms with van der Waals surface area (Å²) in [6.45, 7) is 5.88. The number of aromatic nitrogens is 2. The maximum Gasteiger partial charge on any atom is 0.305 e. The normalized spacial score (nSPS) is 11.9. The number of hydrogen-bond acceptors (Lipinski definition) is 7. The first kappa shape index (κ1) is 29.3. The van der Waals surface area contributed by atoms with E-state index in [2.05, 4.69) is 0 Å². The lowest BCUT2D eigenvalue weighted by molar-refractivity contribution is -0.143. The van der Waals surface area contributed by atoms with E-state index in [1.807, 2.05) is 42.6 Å². The first-order chi connectivity index (χ1) is 18.1. The van der Waals surface area contributed by atoms with E-state index in [-0.39, 0.29) is 23.1 Å². The average molecular weight is 543 g/mol. The Kier molecular flexibility index (Phi) is 10.0. The molecular formula is C27H38N6O4S. The largest absolute Gasteiger partial charge is 0.466 e. The zero-order chi connectivity index (χ0) is 27.9. The van der Waals surface area contributed by atoms with Gasteiger partial charge in [0, 0.05) is 44.6 Å². The summed E-state index contributed by atoms with van der Waals surface area (Å²) in [6.07, 6.45) is 1.34. The molecule has 10 nitrogen and oxygen atoms in total. The van der Waals surface area contributed by atoms with Crippen molar-refractivity contribution in [2.24, 2.45) is 5.73 Å². The van der Waals surface area contributed by atoms with E-state index >= 15 is 0 Å². The minimum Gasteiger partial charge on any atom is -0.466 e. The molecule has 0 atom stereocenters. The Labute approximate surface area is 224 Å². The van der Waals surface area contributed by atoms with Crippen LogP contribution in [0.15, 0.2) is 47.4 Å². The van der Waals surface area contributed by atoms with Crippen molar-refractivity contribution >= 4 is 32.9 Å². The number of nitrogens with one attached hydrogen (secondary N) is 1. The van der Waals surface area contributed by atoms with Crippen LogP contribution in [0, 0.1) is 5.41 Å². The summed E-state index contributed by atoms with van der Waals surface area (Å²) in [5.74, 6) is 0.515. The predicted octanol–water partition coefficient (Wildman–Crippen LogP) is 2.83. The number of amidine groups is 1. The lowest BCUT2D eigenvalue weighted by atomic mass is 10.1. The molecule has 1 aromatic heterocycles. The van der Waals surface area contributed by atoms with Crippen molar-refractivity contribution in [3.63, 3.8) is 0 Å². The summed E-state index contributed by atoms with van der Waals surface area (Å²) >= 11 is 0. The number of rotatable bonds is 14. The summed E-state index contributed by atoms with van der Waals surface area (Å²) in [7, 11) is 0.142. The number of imidazole rings is 1. The molecule has 0 radical (unpaired) electrons. The van der Waals surface area contributed by atoms with Crippen LogP contribution >= 0.6 is 0 Å². The van der Waals surface area contributed by atoms with Crippen LogP contribution in [-0.2, 0) is 32.5 Å². The smallest absolute Gasteiger partial charge is 0.305 e. The van der Waals surface area contributed by atoms with Crippen molar-refractivity contribution in [3.8, 4) is 0 Å². The van der Waals surface area contributed by atoms with Crippen LogP contribution in [0.3, 0.4) is 0 Å². The summed E-state index contributed by atoms with van der Waals surface area (Å²) < 4.78 is 35.4. The second kappa shape index (κ2) is 13.0. The molecule has 1 heterocycles. The molecule has 0 saturated heterocycles. The first-order valence-corrected chi connectivity index (χ1v) is 14.2. The number of hydrogen-bond donors (Lipinski definition) is 2. The van der Waals surface area contributed by atoms with Crippen molar-refractivity contribution in [1.29, 1.82) is 5.41 Å². The van der Waals surface area contributed by atoms with E-state index in [0.717, 1.165) is 16.9 Å². The van der Waals surface area contributed by atoms with Crippen molar-refractivity contribution in [2.75, 3.05) is 40.3 Å². The number of esters is 1. The Bertz CT molecular complexity index is 1370. The molecule has 0 bridgehead atoms. The van der Waals surface area contributed by atoms with E-state index < -0.39 is 10.0 Å². The van der Waals surface area contributed by atoms with Crippen LogP contribution in [0.2, 0.25) is 0 Å². The Morgan fingerprint density at radius 2 is 1.82 bits per heavy atom. The molecule has 11 heteroatoms. The number of carbonyl (C=O) groups excluding carboxylic acids is 1. The number of fused-ring (bicyclic) bond motifs is 1. The molecular weight excluding hydrogens is 504 g/mol. The van der Waals surface area contributed by atoms with Gasteiger partial charge in [0.2, 0.25) is 10.0 Å². The zero-order valence-corrected chi connectivity index (χ0v) is 23.4. The number of nitrogen functional groups attached to an aromatic ring is 1. The van der Waals surface area contributed by atoms with Gasteiger partial charge in [0.15, 0.2) is 0 Å². The number of ether oxygens (including phenoxy) is 1. The van der Waals surface area contributed by atoms with E-state index in [1.165, 1.54) is 4.31 Å². The summed E-state index contributed by atoms with van der Waals surface area (Å²) in [6, 6.07) is 12.4. The van der Waals surface area contributed by atoms with Gasteiger partial charge >= 0.3 is 5.97 Å². The minimum absolute atomic E-state index is 0.00296. The summed E-state index contributed by atoms with van der Waals surface area (Å²) in [5.41, 5.74) is 8.59. The van der Waals surface area contributed by atoms with E-state index in [1.54, 1.807) is 37.3 Å². The minimum atomic E-state index is -3.68. The van der Waals surface area contributed by atoms with Gasteiger partial charge in [0.05, 0.1) is 22.5 Å². The lowest BCUT2D eigenvalue weighted by Crippen LogP contribution is -2.36. The van der Waals surface area contributed by atoms with Gasteiger partial charge in [-0.3, -0.25) is 10.2 Å². The van der Waals surface area contributed by atoms with Crippen LogP contribution in [0.25, 0.3) is 11.0 Å². The highest BCUT2D eigenvalue weighted by Crippen LogP contribution is 2.25. The number of nitrogens with two attached hydrogens (primary N) is 1. The van der Waals surface area contributed by atoms with Crippen molar-refractivity contribution < 1.29 is 17.9 Å². The van der Waals surface area contributed by atoms with Gasteiger partial charge < -0.3 is 19.9 Å². The van der Waals surface area contributed by atoms with Crippen molar-refractivity contribution in [3.05, 3.63) is 59.4 Å². The molecule has 0 aliphatic heterocycles. The Morgan fingerprint density at radius 1 is 1.11 bits per heavy atom. The molecule has 3 rings (SSSR count). The van der Waals surface area contributed by atoms with Gasteiger partial charge in [-0.15, -0.1) is 0 Å². The molecule has 0 aliphatic rings. The quantitative estimate of drug-likeness (QED) is 0.182. The standard InChI is InChI=1S/C27H38N6O4S/c1-5-32(17-16-31(3)4)38(35,36)22-13-14-24-23(19-22)30-25(33(24)15-7-8-26(34)37-6-2)18-20-9-11-21(12-10-20)27(28)29/h9-14,19H,5-8,15-18H2,1-4H3,(H3,28,29). The molecule has 0 aliphatic carbocycles. The van der Waals surface area contributed by atoms with E-state index in [9.17, 15) is 13.2 Å². The number of nitrogens with zero attached hydrogens (tertiary/aromatic N) is 4. The van der Waals surface area contributed by atoms with Gasteiger partial charge in [-0.2, -0.15) is 4.31 Å². The Hall–Kier alpha value is -3.28. The second-order valence-electron chi connectivity index (χ2n) is 9.33. The third kappa shape index (κ3) is 7.18. The molecule has 0 unspecified atom stereocenters. The van der Waals surface area contributed by atoms with Gasteiger partial charge in [-0.1, -0.05) is 31.2 Å². The molecule has 0 fully saturated rings. The number of sulfonamides is 1. The van der Waals surface area contributed by atoms with Gasteiger partial charge in [-0.05, 0) is 51.2 Å². The molecule has 2 aromatic carbocycles. The number of benzene rings is 2. The molecule has 0 spiro atoms. The summed E-state index contributed by atoms with van der Waals surface area (Å²) in [5, 5.41) is 7.61. The second-order valence-corrected chi connectivity index (χ2v) is 11.3. The van der Waals surface area contributed by atoms with Crippen LogP contribution in [0.5, 0.6) is 0 Å². The van der Waals surface area contributed by atoms with Crippen molar-refractivity contribution in [2.45, 2.75) is 44.6 Å². The maximum atomic E-state index is 13.4. The fraction of sp³-hybridized carbons (Fsp3) is 0.444. The van der Waals surface area contributed by atoms with Crippen LogP contribution in [0.4, 0.5) is 0 Å². The maximum absolute atomic E-state index is 13.4. The summed E-state index contributed by atoms with van der Waals surface area (Å²) in [4.78, 5) is 18.9. The highest BCUT2D eigenvalue weighted by molar-refractivity contribution is 7.89. The van der Waals surface area contributed by atoms with Crippen LogP contribution < -0.4 is 5.73 Å². The van der Waals surface area contributed by atoms with Gasteiger partial charge in [-0.25, -0.2) is 13.4 Å². The first-order valence-electron chi connectivity index (χ1n) is 12.8. The average Bonchev–Trinajstić information content (AvgIpc) is 3.20. The highest BCUT2D eigenvalue weighted by Gasteiger charge is 2.24. The third-order valence-electron chi connectivity index (χ3n) is 6.28. The molecule has 0 amide bonds. The molecule has 38 heavy (non-hydrogen) atoms. The molecule has 3 aromatic rings. The van der Waals surface area contributed by atoms with Crippen molar-refractivity contribution in [1.82, 2.24) is 18.8 Å². The molecule has 0 saturated carbocycles. The van der Waals surface area contributed by atoms with E-state index in [4.69, 9.17) is 20.9 Å². The predicted molar refractivity (Wildman–Crippen MR) is 149 cm³/mol. The SMILES string of the molecule is CCOC(=O)CCCn1c(Cc2ccc(C(=N)N)cc2)nc2cc(S(=O)(=O)N(CC)CCN(C)C)ccc21. The number of carbonyl (C=O) groups is 1. The van der Waals surface area contributed by atoms with Gasteiger partial charge in [0.25, 0.3) is 0 Å². The zero-order valence-electron chi connectivity index (χ0n) is 22.6. The fourth-order valence-corrected chi connectivity index (χ4v) is 5.67. The number of likely N-dealkylation sites (N-methyl/N-ethyl adjacent to an activating group) is 2. The third-order valence-corrected chi connectivity index (χ3v) is 8.25. The van der Waals surface area contributed by atoms with Crippen LogP contribution in [-0.4, -0.2) is 79.3 Å². The lowest BCUT2D eigenvalue weighted by Gasteiger charge is -2.22. The van der Waals surface area contributed by atoms with E-state index in [0.29, 0.717) is 56.7 Å². The fourth-order valence-electron chi connectivity index (χ4n) is 4.21. The van der Waals surface area contributed by atoms with Gasteiger partial charge in [0.1, 0.15) is 11.7 Å². The number of aryl methyl sites for hydroxylation is 1. The highest BCUT2D eigenvalue weighted by atomic mass is 32.2. The van der Waals surface area contributed by atoms with Crippen LogP contribution in [0.1, 0.15) is 43.6 Å². The monoisotopic (exact) mass is 542 g/mol. The molecule has 206 valence electrons. The Balaban J connectivity index is 1.96. The Morgan fingerprint density at radius 3 is 2.42 bits per heavy atom. The molecule has 3 N–H and O–H groups in total.